The molecule has 2 saturated carbocycles. The highest BCUT2D eigenvalue weighted by molar-refractivity contribution is 7.17. The van der Waals surface area contributed by atoms with Gasteiger partial charge in [-0.05, 0) is 87.8 Å². The molecule has 4 aliphatic rings. The topological polar surface area (TPSA) is 114 Å². The van der Waals surface area contributed by atoms with E-state index in [0.717, 1.165) is 82.4 Å². The van der Waals surface area contributed by atoms with E-state index in [9.17, 15) is 21.0 Å². The van der Waals surface area contributed by atoms with Crippen molar-refractivity contribution in [3.8, 4) is 56.7 Å². The zero-order valence-corrected chi connectivity index (χ0v) is 24.6. The first kappa shape index (κ1) is 26.6. The zero-order valence-electron chi connectivity index (χ0n) is 23.0. The van der Waals surface area contributed by atoms with Crippen molar-refractivity contribution in [1.82, 2.24) is 0 Å². The summed E-state index contributed by atoms with van der Waals surface area (Å²) >= 11 is 3.12. The van der Waals surface area contributed by atoms with Crippen molar-refractivity contribution in [2.75, 3.05) is 0 Å². The number of fused-ring (bicyclic) bond motifs is 8. The van der Waals surface area contributed by atoms with Crippen molar-refractivity contribution < 1.29 is 9.47 Å². The van der Waals surface area contributed by atoms with Crippen LogP contribution in [-0.4, -0.2) is 0 Å². The smallest absolute Gasteiger partial charge is 0.139 e. The molecule has 0 radical (unpaired) electrons. The van der Waals surface area contributed by atoms with Gasteiger partial charge in [0.1, 0.15) is 58.1 Å². The van der Waals surface area contributed by atoms with Gasteiger partial charge < -0.3 is 9.47 Å². The number of benzene rings is 1. The van der Waals surface area contributed by atoms with Gasteiger partial charge in [-0.25, -0.2) is 0 Å². The molecule has 4 heterocycles. The first-order valence-corrected chi connectivity index (χ1v) is 16.0. The van der Waals surface area contributed by atoms with Gasteiger partial charge in [-0.2, -0.15) is 21.0 Å². The van der Waals surface area contributed by atoms with Crippen LogP contribution in [-0.2, 0) is 11.2 Å². The second kappa shape index (κ2) is 10.2. The quantitative estimate of drug-likeness (QED) is 0.277. The Morgan fingerprint density at radius 3 is 1.33 bits per heavy atom. The van der Waals surface area contributed by atoms with E-state index in [1.54, 1.807) is 34.8 Å². The normalized spacial score (nSPS) is 18.2. The van der Waals surface area contributed by atoms with E-state index in [0.29, 0.717) is 0 Å². The number of rotatable bonds is 2. The van der Waals surface area contributed by atoms with E-state index in [2.05, 4.69) is 12.1 Å². The van der Waals surface area contributed by atoms with Crippen molar-refractivity contribution in [2.24, 2.45) is 0 Å². The lowest BCUT2D eigenvalue weighted by Crippen LogP contribution is -2.40. The Kier molecular flexibility index (Phi) is 6.44. The maximum absolute atomic E-state index is 9.36. The van der Waals surface area contributed by atoms with Crippen LogP contribution in [0.2, 0.25) is 0 Å². The first-order chi connectivity index (χ1) is 20.5. The molecular formula is C34H26N4O2S2. The van der Waals surface area contributed by atoms with Gasteiger partial charge in [-0.15, -0.1) is 22.7 Å². The van der Waals surface area contributed by atoms with Crippen LogP contribution < -0.4 is 9.47 Å². The van der Waals surface area contributed by atoms with E-state index < -0.39 is 11.2 Å². The summed E-state index contributed by atoms with van der Waals surface area (Å²) in [6.45, 7) is 0. The Hall–Kier alpha value is -4.34. The van der Waals surface area contributed by atoms with Gasteiger partial charge in [0, 0.05) is 32.0 Å². The third-order valence-electron chi connectivity index (χ3n) is 9.05. The van der Waals surface area contributed by atoms with Crippen LogP contribution in [0.4, 0.5) is 0 Å². The molecule has 3 aromatic rings. The van der Waals surface area contributed by atoms with Gasteiger partial charge in [-0.3, -0.25) is 0 Å². The number of allylic oxidation sites excluding steroid dienone is 2. The number of thiophene rings is 2. The maximum atomic E-state index is 9.36. The zero-order chi connectivity index (χ0) is 28.9. The van der Waals surface area contributed by atoms with Crippen LogP contribution in [0.25, 0.3) is 33.0 Å². The molecule has 42 heavy (non-hydrogen) atoms. The molecule has 8 heteroatoms. The molecule has 2 aliphatic carbocycles. The van der Waals surface area contributed by atoms with E-state index in [1.165, 1.54) is 35.1 Å². The molecule has 2 aliphatic heterocycles. The summed E-state index contributed by atoms with van der Waals surface area (Å²) in [6.07, 6.45) is 13.8. The van der Waals surface area contributed by atoms with Gasteiger partial charge in [-0.1, -0.05) is 12.8 Å². The van der Waals surface area contributed by atoms with Crippen molar-refractivity contribution in [3.05, 3.63) is 56.3 Å². The molecule has 0 amide bonds. The predicted octanol–water partition coefficient (Wildman–Crippen LogP) is 9.11. The summed E-state index contributed by atoms with van der Waals surface area (Å²) in [5, 5.41) is 37.5. The van der Waals surface area contributed by atoms with Crippen LogP contribution >= 0.6 is 22.7 Å². The lowest BCUT2D eigenvalue weighted by Gasteiger charge is -2.45. The van der Waals surface area contributed by atoms with E-state index in [4.69, 9.17) is 9.47 Å². The second-order valence-corrected chi connectivity index (χ2v) is 13.7. The fourth-order valence-corrected chi connectivity index (χ4v) is 9.28. The molecule has 0 saturated heterocycles. The Balaban J connectivity index is 1.47. The standard InChI is InChI=1S/C34H26N4O2S2/c35-17-21(18-36)11-23-13-29-31(41-23)25-16-28-26(15-27(25)33(39-29)7-3-1-4-8-33)32-30(40-34(28)9-5-2-6-10-34)14-24(42-32)12-22(19-37)20-38/h11-16H,1-10H2. The summed E-state index contributed by atoms with van der Waals surface area (Å²) < 4.78 is 13.9. The van der Waals surface area contributed by atoms with Crippen molar-refractivity contribution in [2.45, 2.75) is 75.4 Å². The van der Waals surface area contributed by atoms with Crippen LogP contribution in [0, 0.1) is 45.3 Å². The minimum atomic E-state index is -0.433. The SMILES string of the molecule is N#CC(C#N)=Cc1cc2c(s1)-c1cc3c(cc1C1(CCCCC1)O2)-c1sc(C=C(C#N)C#N)cc1OC31CCCCC1. The van der Waals surface area contributed by atoms with Gasteiger partial charge in [0.05, 0.1) is 9.75 Å². The fraction of sp³-hybridized carbons (Fsp3) is 0.353. The molecule has 0 unspecified atom stereocenters. The van der Waals surface area contributed by atoms with Crippen molar-refractivity contribution >= 4 is 34.8 Å². The Morgan fingerprint density at radius 2 is 0.976 bits per heavy atom. The summed E-state index contributed by atoms with van der Waals surface area (Å²) in [4.78, 5) is 3.73. The van der Waals surface area contributed by atoms with Crippen LogP contribution in [0.1, 0.15) is 85.1 Å². The van der Waals surface area contributed by atoms with Crippen LogP contribution in [0.3, 0.4) is 0 Å². The van der Waals surface area contributed by atoms with Crippen LogP contribution in [0.15, 0.2) is 35.4 Å². The molecule has 2 spiro atoms. The lowest BCUT2D eigenvalue weighted by molar-refractivity contribution is 0.0205. The van der Waals surface area contributed by atoms with Crippen LogP contribution in [0.5, 0.6) is 11.5 Å². The first-order valence-electron chi connectivity index (χ1n) is 14.4. The molecule has 2 fully saturated rings. The molecule has 206 valence electrons. The number of hydrogen-bond donors (Lipinski definition) is 0. The largest absolute Gasteiger partial charge is 0.481 e. The highest BCUT2D eigenvalue weighted by Crippen LogP contribution is 2.60. The van der Waals surface area contributed by atoms with Gasteiger partial charge >= 0.3 is 0 Å². The predicted molar refractivity (Wildman–Crippen MR) is 162 cm³/mol. The molecule has 0 bridgehead atoms. The average molecular weight is 587 g/mol. The third kappa shape index (κ3) is 4.15. The fourth-order valence-electron chi connectivity index (χ4n) is 7.17. The van der Waals surface area contributed by atoms with E-state index in [1.807, 2.05) is 36.4 Å². The second-order valence-electron chi connectivity index (χ2n) is 11.5. The number of nitriles is 4. The highest BCUT2D eigenvalue weighted by atomic mass is 32.1. The average Bonchev–Trinajstić information content (AvgIpc) is 3.62. The molecule has 2 aromatic heterocycles. The molecule has 7 rings (SSSR count). The minimum Gasteiger partial charge on any atom is -0.481 e. The molecule has 0 atom stereocenters. The Morgan fingerprint density at radius 1 is 0.595 bits per heavy atom. The van der Waals surface area contributed by atoms with Gasteiger partial charge in [0.15, 0.2) is 0 Å². The molecule has 6 nitrogen and oxygen atoms in total. The Bertz CT molecular complexity index is 1680. The Labute approximate surface area is 253 Å². The maximum Gasteiger partial charge on any atom is 0.139 e. The van der Waals surface area contributed by atoms with Crippen molar-refractivity contribution in [1.29, 1.82) is 21.0 Å². The summed E-state index contributed by atoms with van der Waals surface area (Å²) in [5.74, 6) is 1.66. The lowest BCUT2D eigenvalue weighted by atomic mass is 9.71. The highest BCUT2D eigenvalue weighted by Gasteiger charge is 2.47. The monoisotopic (exact) mass is 586 g/mol. The van der Waals surface area contributed by atoms with Crippen molar-refractivity contribution in [3.63, 3.8) is 0 Å². The third-order valence-corrected chi connectivity index (χ3v) is 11.2. The number of hydrogen-bond acceptors (Lipinski definition) is 8. The minimum absolute atomic E-state index is 0.0761. The summed E-state index contributed by atoms with van der Waals surface area (Å²) in [5.41, 5.74) is 4.02. The van der Waals surface area contributed by atoms with E-state index >= 15 is 0 Å². The van der Waals surface area contributed by atoms with Gasteiger partial charge in [0.2, 0.25) is 0 Å². The number of ether oxygens (including phenoxy) is 2. The number of nitrogens with zero attached hydrogens (tertiary/aromatic N) is 4. The molecule has 0 N–H and O–H groups in total. The summed E-state index contributed by atoms with van der Waals surface area (Å²) in [7, 11) is 0. The molecular weight excluding hydrogens is 561 g/mol. The summed E-state index contributed by atoms with van der Waals surface area (Å²) in [6, 6.07) is 16.6. The van der Waals surface area contributed by atoms with E-state index in [-0.39, 0.29) is 11.1 Å². The molecule has 1 aromatic carbocycles. The van der Waals surface area contributed by atoms with Gasteiger partial charge in [0.25, 0.3) is 0 Å².